The van der Waals surface area contributed by atoms with E-state index in [0.717, 1.165) is 25.4 Å². The molecule has 2 rings (SSSR count). The van der Waals surface area contributed by atoms with Gasteiger partial charge in [0.05, 0.1) is 11.4 Å². The highest BCUT2D eigenvalue weighted by molar-refractivity contribution is 7.99. The lowest BCUT2D eigenvalue weighted by atomic mass is 10.2. The predicted molar refractivity (Wildman–Crippen MR) is 87.5 cm³/mol. The summed E-state index contributed by atoms with van der Waals surface area (Å²) in [5.41, 5.74) is 6.94. The van der Waals surface area contributed by atoms with E-state index in [1.165, 1.54) is 12.2 Å². The molecular weight excluding hydrogens is 294 g/mol. The van der Waals surface area contributed by atoms with Crippen LogP contribution in [0.5, 0.6) is 0 Å². The zero-order chi connectivity index (χ0) is 14.4. The monoisotopic (exact) mass is 313 g/mol. The summed E-state index contributed by atoms with van der Waals surface area (Å²) >= 11 is 7.89. The minimum Gasteiger partial charge on any atom is -0.397 e. The number of hydrogen-bond donors (Lipinski definition) is 2. The van der Waals surface area contributed by atoms with E-state index in [1.807, 2.05) is 11.8 Å². The number of anilines is 2. The third kappa shape index (κ3) is 4.89. The molecule has 0 spiro atoms. The molecule has 1 aromatic rings. The highest BCUT2D eigenvalue weighted by atomic mass is 35.5. The van der Waals surface area contributed by atoms with E-state index >= 15 is 0 Å². The van der Waals surface area contributed by atoms with Crippen LogP contribution in [0.2, 0.25) is 5.02 Å². The van der Waals surface area contributed by atoms with Crippen LogP contribution in [-0.4, -0.2) is 41.9 Å². The van der Waals surface area contributed by atoms with Crippen LogP contribution in [0.3, 0.4) is 0 Å². The molecule has 0 aromatic heterocycles. The van der Waals surface area contributed by atoms with Gasteiger partial charge in [0.2, 0.25) is 5.91 Å². The Labute approximate surface area is 129 Å². The number of nitrogens with one attached hydrogen (secondary N) is 1. The van der Waals surface area contributed by atoms with E-state index in [2.05, 4.69) is 10.2 Å². The molecule has 1 aliphatic heterocycles. The molecule has 20 heavy (non-hydrogen) atoms. The summed E-state index contributed by atoms with van der Waals surface area (Å²) in [6, 6.07) is 5.09. The molecule has 1 fully saturated rings. The van der Waals surface area contributed by atoms with Crippen LogP contribution in [0, 0.1) is 0 Å². The fourth-order valence-electron chi connectivity index (χ4n) is 2.13. The Bertz CT molecular complexity index is 462. The van der Waals surface area contributed by atoms with Crippen molar-refractivity contribution < 1.29 is 4.79 Å². The van der Waals surface area contributed by atoms with E-state index in [-0.39, 0.29) is 5.91 Å². The fourth-order valence-corrected chi connectivity index (χ4v) is 3.23. The summed E-state index contributed by atoms with van der Waals surface area (Å²) in [4.78, 5) is 14.3. The van der Waals surface area contributed by atoms with Gasteiger partial charge in [0, 0.05) is 30.3 Å². The number of amides is 1. The van der Waals surface area contributed by atoms with Crippen molar-refractivity contribution in [2.45, 2.75) is 12.8 Å². The maximum Gasteiger partial charge on any atom is 0.225 e. The first-order chi connectivity index (χ1) is 9.65. The Kier molecular flexibility index (Phi) is 6.01. The number of thioether (sulfide) groups is 1. The van der Waals surface area contributed by atoms with Gasteiger partial charge < -0.3 is 16.0 Å². The Balaban J connectivity index is 1.81. The summed E-state index contributed by atoms with van der Waals surface area (Å²) in [5, 5.41) is 3.39. The number of nitrogens with two attached hydrogens (primary N) is 1. The maximum absolute atomic E-state index is 12.0. The molecule has 1 aromatic carbocycles. The standard InChI is InChI=1S/C14H20ClN3OS/c15-11-2-3-12(16)13(10-11)17-14(19)4-6-18-5-1-8-20-9-7-18/h2-3,10H,1,4-9,16H2,(H,17,19). The number of rotatable bonds is 4. The number of hydrogen-bond acceptors (Lipinski definition) is 4. The Hall–Kier alpha value is -0.910. The molecule has 0 atom stereocenters. The maximum atomic E-state index is 12.0. The molecule has 0 unspecified atom stereocenters. The molecule has 1 heterocycles. The Morgan fingerprint density at radius 1 is 1.40 bits per heavy atom. The zero-order valence-corrected chi connectivity index (χ0v) is 13.0. The lowest BCUT2D eigenvalue weighted by Gasteiger charge is -2.19. The fraction of sp³-hybridized carbons (Fsp3) is 0.500. The number of nitrogen functional groups attached to an aromatic ring is 1. The molecule has 3 N–H and O–H groups in total. The number of carbonyl (C=O) groups is 1. The molecule has 6 heteroatoms. The Morgan fingerprint density at radius 2 is 2.25 bits per heavy atom. The first kappa shape index (κ1) is 15.5. The van der Waals surface area contributed by atoms with Crippen LogP contribution < -0.4 is 11.1 Å². The van der Waals surface area contributed by atoms with E-state index in [4.69, 9.17) is 17.3 Å². The lowest BCUT2D eigenvalue weighted by molar-refractivity contribution is -0.116. The van der Waals surface area contributed by atoms with Crippen LogP contribution in [-0.2, 0) is 4.79 Å². The molecule has 0 saturated carbocycles. The predicted octanol–water partition coefficient (Wildman–Crippen LogP) is 2.69. The average molecular weight is 314 g/mol. The molecule has 110 valence electrons. The third-order valence-corrected chi connectivity index (χ3v) is 4.54. The minimum absolute atomic E-state index is 0.0177. The summed E-state index contributed by atoms with van der Waals surface area (Å²) in [6.45, 7) is 2.95. The average Bonchev–Trinajstić information content (AvgIpc) is 2.69. The van der Waals surface area contributed by atoms with Crippen molar-refractivity contribution in [3.8, 4) is 0 Å². The van der Waals surface area contributed by atoms with Crippen molar-refractivity contribution in [1.29, 1.82) is 0 Å². The molecule has 0 radical (unpaired) electrons. The van der Waals surface area contributed by atoms with Gasteiger partial charge in [0.15, 0.2) is 0 Å². The quantitative estimate of drug-likeness (QED) is 0.839. The van der Waals surface area contributed by atoms with Crippen LogP contribution in [0.25, 0.3) is 0 Å². The lowest BCUT2D eigenvalue weighted by Crippen LogP contribution is -2.29. The summed E-state index contributed by atoms with van der Waals surface area (Å²) in [5.74, 6) is 2.36. The van der Waals surface area contributed by atoms with Crippen molar-refractivity contribution in [3.05, 3.63) is 23.2 Å². The molecule has 1 saturated heterocycles. The third-order valence-electron chi connectivity index (χ3n) is 3.26. The van der Waals surface area contributed by atoms with Gasteiger partial charge in [-0.2, -0.15) is 11.8 Å². The van der Waals surface area contributed by atoms with Gasteiger partial charge in [-0.15, -0.1) is 0 Å². The highest BCUT2D eigenvalue weighted by Crippen LogP contribution is 2.23. The topological polar surface area (TPSA) is 58.4 Å². The number of benzene rings is 1. The normalized spacial score (nSPS) is 16.6. The summed E-state index contributed by atoms with van der Waals surface area (Å²) < 4.78 is 0. The van der Waals surface area contributed by atoms with Gasteiger partial charge in [-0.1, -0.05) is 11.6 Å². The second kappa shape index (κ2) is 7.76. The minimum atomic E-state index is -0.0177. The van der Waals surface area contributed by atoms with Gasteiger partial charge in [0.25, 0.3) is 0 Å². The first-order valence-electron chi connectivity index (χ1n) is 6.80. The van der Waals surface area contributed by atoms with Gasteiger partial charge in [-0.25, -0.2) is 0 Å². The van der Waals surface area contributed by atoms with E-state index in [9.17, 15) is 4.79 Å². The molecule has 0 bridgehead atoms. The molecule has 1 aliphatic rings. The van der Waals surface area contributed by atoms with Crippen LogP contribution >= 0.6 is 23.4 Å². The first-order valence-corrected chi connectivity index (χ1v) is 8.33. The highest BCUT2D eigenvalue weighted by Gasteiger charge is 2.12. The van der Waals surface area contributed by atoms with E-state index in [0.29, 0.717) is 22.8 Å². The summed E-state index contributed by atoms with van der Waals surface area (Å²) in [7, 11) is 0. The van der Waals surface area contributed by atoms with Crippen LogP contribution in [0.4, 0.5) is 11.4 Å². The summed E-state index contributed by atoms with van der Waals surface area (Å²) in [6.07, 6.45) is 1.68. The second-order valence-corrected chi connectivity index (χ2v) is 6.50. The van der Waals surface area contributed by atoms with Gasteiger partial charge in [-0.3, -0.25) is 4.79 Å². The molecule has 1 amide bonds. The van der Waals surface area contributed by atoms with Crippen LogP contribution in [0.1, 0.15) is 12.8 Å². The zero-order valence-electron chi connectivity index (χ0n) is 11.4. The van der Waals surface area contributed by atoms with Crippen molar-refractivity contribution in [2.24, 2.45) is 0 Å². The van der Waals surface area contributed by atoms with Gasteiger partial charge in [-0.05, 0) is 36.9 Å². The SMILES string of the molecule is Nc1ccc(Cl)cc1NC(=O)CCN1CCCSCC1. The van der Waals surface area contributed by atoms with Crippen molar-refractivity contribution in [2.75, 3.05) is 42.2 Å². The van der Waals surface area contributed by atoms with Crippen molar-refractivity contribution in [1.82, 2.24) is 4.90 Å². The van der Waals surface area contributed by atoms with E-state index in [1.54, 1.807) is 18.2 Å². The molecule has 4 nitrogen and oxygen atoms in total. The van der Waals surface area contributed by atoms with Crippen molar-refractivity contribution in [3.63, 3.8) is 0 Å². The van der Waals surface area contributed by atoms with Crippen LogP contribution in [0.15, 0.2) is 18.2 Å². The van der Waals surface area contributed by atoms with E-state index < -0.39 is 0 Å². The number of nitrogens with zero attached hydrogens (tertiary/aromatic N) is 1. The largest absolute Gasteiger partial charge is 0.397 e. The molecular formula is C14H20ClN3OS. The number of carbonyl (C=O) groups excluding carboxylic acids is 1. The molecule has 0 aliphatic carbocycles. The smallest absolute Gasteiger partial charge is 0.225 e. The Morgan fingerprint density at radius 3 is 3.10 bits per heavy atom. The van der Waals surface area contributed by atoms with Gasteiger partial charge >= 0.3 is 0 Å². The van der Waals surface area contributed by atoms with Crippen molar-refractivity contribution >= 4 is 40.6 Å². The second-order valence-electron chi connectivity index (χ2n) is 4.84. The number of halogens is 1. The van der Waals surface area contributed by atoms with Gasteiger partial charge in [0.1, 0.15) is 0 Å².